The molecule has 1 heterocycles. The molecule has 1 fully saturated rings. The Bertz CT molecular complexity index is 951. The lowest BCUT2D eigenvalue weighted by molar-refractivity contribution is -0.123. The van der Waals surface area contributed by atoms with E-state index in [1.54, 1.807) is 18.2 Å². The first-order chi connectivity index (χ1) is 16.3. The van der Waals surface area contributed by atoms with Gasteiger partial charge in [0.2, 0.25) is 0 Å². The zero-order chi connectivity index (χ0) is 24.5. The number of methoxy groups -OCH3 is 1. The third-order valence-corrected chi connectivity index (χ3v) is 5.99. The summed E-state index contributed by atoms with van der Waals surface area (Å²) in [5, 5.41) is 5.72. The fraction of sp³-hybridized carbons (Fsp3) is 0.481. The van der Waals surface area contributed by atoms with E-state index in [9.17, 15) is 9.59 Å². The van der Waals surface area contributed by atoms with E-state index in [1.807, 2.05) is 13.8 Å². The lowest BCUT2D eigenvalue weighted by Gasteiger charge is -2.30. The van der Waals surface area contributed by atoms with Gasteiger partial charge < -0.3 is 20.1 Å². The number of amides is 2. The van der Waals surface area contributed by atoms with Gasteiger partial charge in [-0.1, -0.05) is 31.2 Å². The minimum Gasteiger partial charge on any atom is -0.493 e. The Balaban J connectivity index is 1.50. The highest BCUT2D eigenvalue weighted by Gasteiger charge is 2.16. The van der Waals surface area contributed by atoms with E-state index in [0.717, 1.165) is 31.1 Å². The van der Waals surface area contributed by atoms with E-state index in [4.69, 9.17) is 9.47 Å². The van der Waals surface area contributed by atoms with E-state index in [2.05, 4.69) is 46.7 Å². The number of piperidine rings is 1. The topological polar surface area (TPSA) is 79.9 Å². The standard InChI is InChI=1S/C27H37N3O4/c1-19(2)29-26(31)18-34-24-10-9-23(15-25(24)33-4)27(32)28-16-21-5-7-22(8-6-21)17-30-13-11-20(3)12-14-30/h5-10,15,19-20H,11-14,16-18H2,1-4H3,(H,28,32)(H,29,31). The van der Waals surface area contributed by atoms with Crippen LogP contribution in [-0.2, 0) is 17.9 Å². The molecule has 0 saturated carbocycles. The van der Waals surface area contributed by atoms with E-state index < -0.39 is 0 Å². The lowest BCUT2D eigenvalue weighted by atomic mass is 9.99. The zero-order valence-corrected chi connectivity index (χ0v) is 20.7. The van der Waals surface area contributed by atoms with Crippen molar-refractivity contribution in [2.45, 2.75) is 52.7 Å². The van der Waals surface area contributed by atoms with Gasteiger partial charge >= 0.3 is 0 Å². The van der Waals surface area contributed by atoms with Gasteiger partial charge in [-0.3, -0.25) is 14.5 Å². The van der Waals surface area contributed by atoms with E-state index in [-0.39, 0.29) is 24.5 Å². The molecule has 0 bridgehead atoms. The molecular weight excluding hydrogens is 430 g/mol. The van der Waals surface area contributed by atoms with Crippen molar-refractivity contribution in [2.75, 3.05) is 26.8 Å². The molecule has 0 atom stereocenters. The third-order valence-electron chi connectivity index (χ3n) is 5.99. The summed E-state index contributed by atoms with van der Waals surface area (Å²) in [4.78, 5) is 27.0. The van der Waals surface area contributed by atoms with Crippen LogP contribution in [0.5, 0.6) is 11.5 Å². The monoisotopic (exact) mass is 467 g/mol. The van der Waals surface area contributed by atoms with Gasteiger partial charge in [0.05, 0.1) is 7.11 Å². The van der Waals surface area contributed by atoms with Crippen molar-refractivity contribution in [3.63, 3.8) is 0 Å². The number of nitrogens with one attached hydrogen (secondary N) is 2. The quantitative estimate of drug-likeness (QED) is 0.556. The van der Waals surface area contributed by atoms with Gasteiger partial charge in [-0.2, -0.15) is 0 Å². The number of hydrogen-bond acceptors (Lipinski definition) is 5. The number of nitrogens with zero attached hydrogens (tertiary/aromatic N) is 1. The van der Waals surface area contributed by atoms with Crippen LogP contribution >= 0.6 is 0 Å². The predicted octanol–water partition coefficient (Wildman–Crippen LogP) is 3.76. The molecule has 3 rings (SSSR count). The average Bonchev–Trinajstić information content (AvgIpc) is 2.83. The maximum Gasteiger partial charge on any atom is 0.258 e. The van der Waals surface area contributed by atoms with Gasteiger partial charge in [-0.05, 0) is 75.0 Å². The smallest absolute Gasteiger partial charge is 0.258 e. The molecule has 2 aromatic carbocycles. The van der Waals surface area contributed by atoms with Gasteiger partial charge in [-0.15, -0.1) is 0 Å². The van der Waals surface area contributed by atoms with E-state index in [1.165, 1.54) is 25.5 Å². The first kappa shape index (κ1) is 25.6. The molecule has 7 heteroatoms. The van der Waals surface area contributed by atoms with E-state index >= 15 is 0 Å². The minimum absolute atomic E-state index is 0.0406. The van der Waals surface area contributed by atoms with Crippen molar-refractivity contribution in [3.8, 4) is 11.5 Å². The maximum absolute atomic E-state index is 12.7. The molecule has 0 aromatic heterocycles. The van der Waals surface area contributed by atoms with Gasteiger partial charge in [0.25, 0.3) is 11.8 Å². The number of likely N-dealkylation sites (tertiary alicyclic amines) is 1. The highest BCUT2D eigenvalue weighted by molar-refractivity contribution is 5.94. The van der Waals surface area contributed by atoms with Gasteiger partial charge in [0, 0.05) is 24.7 Å². The molecule has 1 aliphatic rings. The second-order valence-electron chi connectivity index (χ2n) is 9.33. The van der Waals surface area contributed by atoms with Gasteiger partial charge in [-0.25, -0.2) is 0 Å². The number of carbonyl (C=O) groups excluding carboxylic acids is 2. The Kier molecular flexibility index (Phi) is 9.33. The van der Waals surface area contributed by atoms with E-state index in [0.29, 0.717) is 23.6 Å². The normalized spacial score (nSPS) is 14.6. The van der Waals surface area contributed by atoms with Crippen molar-refractivity contribution in [1.29, 1.82) is 0 Å². The molecule has 34 heavy (non-hydrogen) atoms. The summed E-state index contributed by atoms with van der Waals surface area (Å²) in [6, 6.07) is 13.4. The molecular formula is C27H37N3O4. The maximum atomic E-state index is 12.7. The first-order valence-corrected chi connectivity index (χ1v) is 12.0. The fourth-order valence-corrected chi connectivity index (χ4v) is 3.96. The molecule has 0 aliphatic carbocycles. The highest BCUT2D eigenvalue weighted by Crippen LogP contribution is 2.28. The minimum atomic E-state index is -0.213. The first-order valence-electron chi connectivity index (χ1n) is 12.0. The Labute approximate surface area is 202 Å². The summed E-state index contributed by atoms with van der Waals surface area (Å²) < 4.78 is 10.9. The molecule has 1 aliphatic heterocycles. The van der Waals surface area contributed by atoms with Gasteiger partial charge in [0.1, 0.15) is 0 Å². The van der Waals surface area contributed by atoms with Crippen molar-refractivity contribution < 1.29 is 19.1 Å². The Morgan fingerprint density at radius 1 is 1.03 bits per heavy atom. The van der Waals surface area contributed by atoms with Crippen molar-refractivity contribution in [2.24, 2.45) is 5.92 Å². The SMILES string of the molecule is COc1cc(C(=O)NCc2ccc(CN3CCC(C)CC3)cc2)ccc1OCC(=O)NC(C)C. The molecule has 0 spiro atoms. The number of ether oxygens (including phenoxy) is 2. The van der Waals surface area contributed by atoms with Crippen LogP contribution in [0.3, 0.4) is 0 Å². The predicted molar refractivity (Wildman–Crippen MR) is 133 cm³/mol. The van der Waals surface area contributed by atoms with Crippen molar-refractivity contribution >= 4 is 11.8 Å². The van der Waals surface area contributed by atoms with Crippen LogP contribution in [0.25, 0.3) is 0 Å². The van der Waals surface area contributed by atoms with Crippen LogP contribution in [0.2, 0.25) is 0 Å². The molecule has 2 N–H and O–H groups in total. The van der Waals surface area contributed by atoms with Crippen LogP contribution in [0.15, 0.2) is 42.5 Å². The Hall–Kier alpha value is -3.06. The second kappa shape index (κ2) is 12.4. The van der Waals surface area contributed by atoms with Crippen LogP contribution in [0, 0.1) is 5.92 Å². The number of hydrogen-bond donors (Lipinski definition) is 2. The van der Waals surface area contributed by atoms with Crippen molar-refractivity contribution in [1.82, 2.24) is 15.5 Å². The lowest BCUT2D eigenvalue weighted by Crippen LogP contribution is -2.34. The fourth-order valence-electron chi connectivity index (χ4n) is 3.96. The molecule has 0 unspecified atom stereocenters. The number of benzene rings is 2. The molecule has 1 saturated heterocycles. The van der Waals surface area contributed by atoms with Crippen LogP contribution in [0.4, 0.5) is 0 Å². The molecule has 0 radical (unpaired) electrons. The van der Waals surface area contributed by atoms with Crippen LogP contribution in [-0.4, -0.2) is 49.6 Å². The summed E-state index contributed by atoms with van der Waals surface area (Å²) in [6.07, 6.45) is 2.55. The summed E-state index contributed by atoms with van der Waals surface area (Å²) in [7, 11) is 1.50. The van der Waals surface area contributed by atoms with Gasteiger partial charge in [0.15, 0.2) is 18.1 Å². The Morgan fingerprint density at radius 2 is 1.71 bits per heavy atom. The van der Waals surface area contributed by atoms with Crippen LogP contribution < -0.4 is 20.1 Å². The Morgan fingerprint density at radius 3 is 2.35 bits per heavy atom. The summed E-state index contributed by atoms with van der Waals surface area (Å²) in [6.45, 7) is 9.73. The zero-order valence-electron chi connectivity index (χ0n) is 20.7. The second-order valence-corrected chi connectivity index (χ2v) is 9.33. The van der Waals surface area contributed by atoms with Crippen LogP contribution in [0.1, 0.15) is 55.1 Å². The highest BCUT2D eigenvalue weighted by atomic mass is 16.5. The third kappa shape index (κ3) is 7.76. The largest absolute Gasteiger partial charge is 0.493 e. The summed E-state index contributed by atoms with van der Waals surface area (Å²) in [5.41, 5.74) is 2.81. The molecule has 184 valence electrons. The summed E-state index contributed by atoms with van der Waals surface area (Å²) in [5.74, 6) is 1.24. The number of rotatable bonds is 10. The molecule has 7 nitrogen and oxygen atoms in total. The summed E-state index contributed by atoms with van der Waals surface area (Å²) >= 11 is 0. The molecule has 2 aromatic rings. The number of carbonyl (C=O) groups is 2. The molecule has 2 amide bonds. The average molecular weight is 468 g/mol. The van der Waals surface area contributed by atoms with Crippen molar-refractivity contribution in [3.05, 3.63) is 59.2 Å².